The van der Waals surface area contributed by atoms with Crippen molar-refractivity contribution >= 4 is 10.0 Å². The van der Waals surface area contributed by atoms with Crippen LogP contribution in [0.1, 0.15) is 18.7 Å². The second-order valence-corrected chi connectivity index (χ2v) is 6.43. The van der Waals surface area contributed by atoms with Crippen LogP contribution in [0.25, 0.3) is 0 Å². The molecule has 1 aliphatic rings. The van der Waals surface area contributed by atoms with Crippen LogP contribution < -0.4 is 10.0 Å². The second-order valence-electron chi connectivity index (χ2n) is 4.58. The topological polar surface area (TPSA) is 88.9 Å². The fourth-order valence-electron chi connectivity index (χ4n) is 2.07. The third kappa shape index (κ3) is 3.76. The van der Waals surface area contributed by atoms with Crippen molar-refractivity contribution in [3.63, 3.8) is 0 Å². The fraction of sp³-hybridized carbons (Fsp3) is 0.800. The van der Waals surface area contributed by atoms with Gasteiger partial charge < -0.3 is 9.88 Å². The van der Waals surface area contributed by atoms with Crippen LogP contribution in [0.15, 0.2) is 6.33 Å². The molecular weight excluding hydrogens is 254 g/mol. The highest BCUT2D eigenvalue weighted by molar-refractivity contribution is 7.89. The van der Waals surface area contributed by atoms with Gasteiger partial charge in [-0.3, -0.25) is 0 Å². The molecule has 8 heteroatoms. The van der Waals surface area contributed by atoms with Gasteiger partial charge in [-0.15, -0.1) is 10.2 Å². The molecule has 1 fully saturated rings. The molecule has 0 aromatic carbocycles. The van der Waals surface area contributed by atoms with Crippen molar-refractivity contribution in [3.8, 4) is 0 Å². The Balaban J connectivity index is 1.76. The van der Waals surface area contributed by atoms with E-state index in [1.165, 1.54) is 0 Å². The average Bonchev–Trinajstić information content (AvgIpc) is 2.90. The summed E-state index contributed by atoms with van der Waals surface area (Å²) in [4.78, 5) is 0. The molecule has 1 aliphatic heterocycles. The number of rotatable bonds is 6. The lowest BCUT2D eigenvalue weighted by molar-refractivity contribution is 0.562. The predicted octanol–water partition coefficient (Wildman–Crippen LogP) is -0.971. The van der Waals surface area contributed by atoms with E-state index in [9.17, 15) is 8.42 Å². The van der Waals surface area contributed by atoms with Crippen molar-refractivity contribution in [1.82, 2.24) is 24.8 Å². The Morgan fingerprint density at radius 1 is 1.61 bits per heavy atom. The largest absolute Gasteiger partial charge is 0.321 e. The van der Waals surface area contributed by atoms with Gasteiger partial charge in [-0.1, -0.05) is 0 Å². The molecule has 0 spiro atoms. The van der Waals surface area contributed by atoms with Gasteiger partial charge in [0, 0.05) is 26.1 Å². The Morgan fingerprint density at radius 3 is 3.06 bits per heavy atom. The van der Waals surface area contributed by atoms with E-state index >= 15 is 0 Å². The van der Waals surface area contributed by atoms with Crippen LogP contribution >= 0.6 is 0 Å². The lowest BCUT2D eigenvalue weighted by atomic mass is 10.3. The second kappa shape index (κ2) is 5.77. The van der Waals surface area contributed by atoms with Crippen molar-refractivity contribution < 1.29 is 8.42 Å². The van der Waals surface area contributed by atoms with Crippen LogP contribution in [0.5, 0.6) is 0 Å². The lowest BCUT2D eigenvalue weighted by Gasteiger charge is -2.11. The summed E-state index contributed by atoms with van der Waals surface area (Å²) < 4.78 is 28.0. The van der Waals surface area contributed by atoms with Gasteiger partial charge in [-0.05, 0) is 19.4 Å². The fourth-order valence-corrected chi connectivity index (χ4v) is 3.42. The summed E-state index contributed by atoms with van der Waals surface area (Å²) >= 11 is 0. The zero-order valence-electron chi connectivity index (χ0n) is 10.5. The maximum Gasteiger partial charge on any atom is 0.213 e. The van der Waals surface area contributed by atoms with Gasteiger partial charge in [0.1, 0.15) is 12.2 Å². The first-order valence-electron chi connectivity index (χ1n) is 6.10. The summed E-state index contributed by atoms with van der Waals surface area (Å²) in [5, 5.41) is 10.8. The maximum absolute atomic E-state index is 11.8. The standard InChI is InChI=1S/C10H19N5O2S/c1-15-8-12-14-10(15)4-6-13-18(16,17)7-9-3-2-5-11-9/h8-9,11,13H,2-7H2,1H3. The Morgan fingerprint density at radius 2 is 2.44 bits per heavy atom. The van der Waals surface area contributed by atoms with Crippen molar-refractivity contribution in [2.75, 3.05) is 18.8 Å². The molecule has 1 unspecified atom stereocenters. The normalized spacial score (nSPS) is 20.4. The highest BCUT2D eigenvalue weighted by Crippen LogP contribution is 2.06. The monoisotopic (exact) mass is 273 g/mol. The van der Waals surface area contributed by atoms with Crippen LogP contribution in [0, 0.1) is 0 Å². The average molecular weight is 273 g/mol. The van der Waals surface area contributed by atoms with Crippen LogP contribution in [-0.2, 0) is 23.5 Å². The van der Waals surface area contributed by atoms with Crippen LogP contribution in [0.3, 0.4) is 0 Å². The molecule has 18 heavy (non-hydrogen) atoms. The van der Waals surface area contributed by atoms with E-state index in [2.05, 4.69) is 20.2 Å². The highest BCUT2D eigenvalue weighted by atomic mass is 32.2. The number of nitrogens with zero attached hydrogens (tertiary/aromatic N) is 3. The van der Waals surface area contributed by atoms with E-state index in [-0.39, 0.29) is 11.8 Å². The third-order valence-corrected chi connectivity index (χ3v) is 4.54. The summed E-state index contributed by atoms with van der Waals surface area (Å²) in [6.45, 7) is 1.28. The molecule has 0 radical (unpaired) electrons. The minimum Gasteiger partial charge on any atom is -0.321 e. The van der Waals surface area contributed by atoms with Crippen molar-refractivity contribution in [2.24, 2.45) is 7.05 Å². The molecular formula is C10H19N5O2S. The number of nitrogens with one attached hydrogen (secondary N) is 2. The van der Waals surface area contributed by atoms with Crippen molar-refractivity contribution in [1.29, 1.82) is 0 Å². The predicted molar refractivity (Wildman–Crippen MR) is 67.5 cm³/mol. The molecule has 102 valence electrons. The van der Waals surface area contributed by atoms with E-state index in [4.69, 9.17) is 0 Å². The molecule has 2 heterocycles. The maximum atomic E-state index is 11.8. The van der Waals surface area contributed by atoms with E-state index < -0.39 is 10.0 Å². The summed E-state index contributed by atoms with van der Waals surface area (Å²) in [5.74, 6) is 0.933. The molecule has 2 N–H and O–H groups in total. The first-order valence-corrected chi connectivity index (χ1v) is 7.76. The first-order chi connectivity index (χ1) is 8.57. The Bertz CT molecular complexity index is 478. The van der Waals surface area contributed by atoms with E-state index in [0.29, 0.717) is 13.0 Å². The molecule has 1 saturated heterocycles. The smallest absolute Gasteiger partial charge is 0.213 e. The van der Waals surface area contributed by atoms with Gasteiger partial charge in [0.15, 0.2) is 0 Å². The molecule has 0 saturated carbocycles. The molecule has 0 aliphatic carbocycles. The number of sulfonamides is 1. The minimum absolute atomic E-state index is 0.0947. The Labute approximate surface area is 107 Å². The SMILES string of the molecule is Cn1cnnc1CCNS(=O)(=O)CC1CCCN1. The van der Waals surface area contributed by atoms with Crippen molar-refractivity contribution in [2.45, 2.75) is 25.3 Å². The quantitative estimate of drug-likeness (QED) is 0.696. The van der Waals surface area contributed by atoms with Crippen LogP contribution in [0.4, 0.5) is 0 Å². The molecule has 2 rings (SSSR count). The van der Waals surface area contributed by atoms with Gasteiger partial charge in [0.2, 0.25) is 10.0 Å². The van der Waals surface area contributed by atoms with Crippen molar-refractivity contribution in [3.05, 3.63) is 12.2 Å². The van der Waals surface area contributed by atoms with Gasteiger partial charge in [0.25, 0.3) is 0 Å². The zero-order chi connectivity index (χ0) is 13.0. The first kappa shape index (κ1) is 13.4. The molecule has 0 amide bonds. The number of hydrogen-bond donors (Lipinski definition) is 2. The molecule has 1 aromatic heterocycles. The van der Waals surface area contributed by atoms with Crippen LogP contribution in [0.2, 0.25) is 0 Å². The Kier molecular flexibility index (Phi) is 4.31. The summed E-state index contributed by atoms with van der Waals surface area (Å²) in [6.07, 6.45) is 4.14. The van der Waals surface area contributed by atoms with E-state index in [1.807, 2.05) is 7.05 Å². The van der Waals surface area contributed by atoms with Crippen LogP contribution in [-0.4, -0.2) is 48.1 Å². The summed E-state index contributed by atoms with van der Waals surface area (Å²) in [7, 11) is -1.36. The third-order valence-electron chi connectivity index (χ3n) is 3.06. The number of aryl methyl sites for hydroxylation is 1. The van der Waals surface area contributed by atoms with Gasteiger partial charge in [0.05, 0.1) is 5.75 Å². The zero-order valence-corrected chi connectivity index (χ0v) is 11.3. The van der Waals surface area contributed by atoms with Gasteiger partial charge in [-0.25, -0.2) is 13.1 Å². The number of hydrogen-bond acceptors (Lipinski definition) is 5. The molecule has 7 nitrogen and oxygen atoms in total. The summed E-state index contributed by atoms with van der Waals surface area (Å²) in [6, 6.07) is 0.0947. The molecule has 1 aromatic rings. The summed E-state index contributed by atoms with van der Waals surface area (Å²) in [5.41, 5.74) is 0. The van der Waals surface area contributed by atoms with E-state index in [1.54, 1.807) is 10.9 Å². The molecule has 0 bridgehead atoms. The number of aromatic nitrogens is 3. The van der Waals surface area contributed by atoms with Gasteiger partial charge in [-0.2, -0.15) is 0 Å². The highest BCUT2D eigenvalue weighted by Gasteiger charge is 2.21. The molecule has 1 atom stereocenters. The minimum atomic E-state index is -3.20. The van der Waals surface area contributed by atoms with Gasteiger partial charge >= 0.3 is 0 Å². The lowest BCUT2D eigenvalue weighted by Crippen LogP contribution is -2.37. The Hall–Kier alpha value is -0.990. The van der Waals surface area contributed by atoms with E-state index in [0.717, 1.165) is 25.2 Å².